The zero-order valence-electron chi connectivity index (χ0n) is 13.6. The standard InChI is InChI=1S/C17H18BrN3O2S/c1-10-6-11(2)8-13(7-10)23-9-16(22)21-17(24)20-15-5-4-14(18)12(3)19-15/h4-8H,9H2,1-3H3,(H2,19,20,21,22,24). The topological polar surface area (TPSA) is 63.2 Å². The summed E-state index contributed by atoms with van der Waals surface area (Å²) in [6, 6.07) is 9.43. The third-order valence-corrected chi connectivity index (χ3v) is 4.12. The first-order valence-electron chi connectivity index (χ1n) is 7.28. The van der Waals surface area contributed by atoms with Crippen LogP contribution in [0.5, 0.6) is 5.75 Å². The predicted molar refractivity (Wildman–Crippen MR) is 102 cm³/mol. The molecular weight excluding hydrogens is 390 g/mol. The van der Waals surface area contributed by atoms with E-state index >= 15 is 0 Å². The maximum Gasteiger partial charge on any atom is 0.264 e. The van der Waals surface area contributed by atoms with Crippen LogP contribution in [0.4, 0.5) is 5.82 Å². The van der Waals surface area contributed by atoms with Crippen LogP contribution in [0, 0.1) is 20.8 Å². The van der Waals surface area contributed by atoms with Gasteiger partial charge in [0.2, 0.25) is 0 Å². The van der Waals surface area contributed by atoms with Crippen molar-refractivity contribution in [2.24, 2.45) is 0 Å². The summed E-state index contributed by atoms with van der Waals surface area (Å²) in [5, 5.41) is 5.61. The summed E-state index contributed by atoms with van der Waals surface area (Å²) < 4.78 is 6.40. The molecule has 0 unspecified atom stereocenters. The summed E-state index contributed by atoms with van der Waals surface area (Å²) in [6.45, 7) is 5.71. The molecule has 0 fully saturated rings. The van der Waals surface area contributed by atoms with Gasteiger partial charge in [-0.3, -0.25) is 10.1 Å². The number of nitrogens with zero attached hydrogens (tertiary/aromatic N) is 1. The Bertz CT molecular complexity index is 760. The Kier molecular flexibility index (Phi) is 6.28. The SMILES string of the molecule is Cc1cc(C)cc(OCC(=O)NC(=S)Nc2ccc(Br)c(C)n2)c1. The second-order valence-electron chi connectivity index (χ2n) is 5.38. The van der Waals surface area contributed by atoms with Gasteiger partial charge in [-0.1, -0.05) is 6.07 Å². The Hall–Kier alpha value is -1.99. The molecule has 2 aromatic rings. The molecule has 0 aliphatic rings. The Morgan fingerprint density at radius 3 is 2.50 bits per heavy atom. The molecule has 0 atom stereocenters. The molecule has 0 radical (unpaired) electrons. The molecule has 0 spiro atoms. The largest absolute Gasteiger partial charge is 0.484 e. The fourth-order valence-corrected chi connectivity index (χ4v) is 2.53. The second kappa shape index (κ2) is 8.21. The molecular formula is C17H18BrN3O2S. The fourth-order valence-electron chi connectivity index (χ4n) is 2.09. The van der Waals surface area contributed by atoms with Gasteiger partial charge in [0.25, 0.3) is 5.91 Å². The summed E-state index contributed by atoms with van der Waals surface area (Å²) in [5.74, 6) is 0.892. The average Bonchev–Trinajstić information content (AvgIpc) is 2.48. The van der Waals surface area contributed by atoms with Crippen LogP contribution in [0.15, 0.2) is 34.8 Å². The maximum absolute atomic E-state index is 11.9. The summed E-state index contributed by atoms with van der Waals surface area (Å²) >= 11 is 8.49. The van der Waals surface area contributed by atoms with Crippen LogP contribution in [-0.4, -0.2) is 22.6 Å². The summed E-state index contributed by atoms with van der Waals surface area (Å²) in [4.78, 5) is 16.2. The molecule has 7 heteroatoms. The number of anilines is 1. The lowest BCUT2D eigenvalue weighted by molar-refractivity contribution is -0.121. The number of thiocarbonyl (C=S) groups is 1. The lowest BCUT2D eigenvalue weighted by Crippen LogP contribution is -2.37. The normalized spacial score (nSPS) is 10.2. The monoisotopic (exact) mass is 407 g/mol. The van der Waals surface area contributed by atoms with E-state index in [0.29, 0.717) is 11.6 Å². The van der Waals surface area contributed by atoms with E-state index in [1.165, 1.54) is 0 Å². The van der Waals surface area contributed by atoms with Gasteiger partial charge in [-0.15, -0.1) is 0 Å². The molecule has 0 saturated heterocycles. The number of ether oxygens (including phenoxy) is 1. The number of carbonyl (C=O) groups is 1. The number of hydrogen-bond acceptors (Lipinski definition) is 4. The average molecular weight is 408 g/mol. The number of nitrogens with one attached hydrogen (secondary N) is 2. The van der Waals surface area contributed by atoms with Gasteiger partial charge in [0.1, 0.15) is 11.6 Å². The van der Waals surface area contributed by atoms with Crippen molar-refractivity contribution in [3.8, 4) is 5.75 Å². The van der Waals surface area contributed by atoms with E-state index in [-0.39, 0.29) is 17.6 Å². The third-order valence-electron chi connectivity index (χ3n) is 3.08. The Labute approximate surface area is 154 Å². The minimum absolute atomic E-state index is 0.114. The summed E-state index contributed by atoms with van der Waals surface area (Å²) in [6.07, 6.45) is 0. The first kappa shape index (κ1) is 18.4. The molecule has 1 aromatic carbocycles. The van der Waals surface area contributed by atoms with Crippen LogP contribution >= 0.6 is 28.1 Å². The quantitative estimate of drug-likeness (QED) is 0.757. The zero-order valence-corrected chi connectivity index (χ0v) is 16.0. The second-order valence-corrected chi connectivity index (χ2v) is 6.64. The van der Waals surface area contributed by atoms with Crippen molar-refractivity contribution < 1.29 is 9.53 Å². The minimum Gasteiger partial charge on any atom is -0.484 e. The summed E-state index contributed by atoms with van der Waals surface area (Å²) in [5.41, 5.74) is 2.99. The van der Waals surface area contributed by atoms with Gasteiger partial charge in [0, 0.05) is 4.47 Å². The highest BCUT2D eigenvalue weighted by Crippen LogP contribution is 2.17. The van der Waals surface area contributed by atoms with E-state index < -0.39 is 0 Å². The minimum atomic E-state index is -0.333. The number of benzene rings is 1. The molecule has 1 amide bonds. The highest BCUT2D eigenvalue weighted by molar-refractivity contribution is 9.10. The molecule has 0 aliphatic heterocycles. The lowest BCUT2D eigenvalue weighted by Gasteiger charge is -2.11. The van der Waals surface area contributed by atoms with Crippen LogP contribution in [0.2, 0.25) is 0 Å². The van der Waals surface area contributed by atoms with E-state index in [9.17, 15) is 4.79 Å². The van der Waals surface area contributed by atoms with Gasteiger partial charge in [-0.25, -0.2) is 4.98 Å². The van der Waals surface area contributed by atoms with Crippen LogP contribution < -0.4 is 15.4 Å². The van der Waals surface area contributed by atoms with Crippen molar-refractivity contribution in [3.63, 3.8) is 0 Å². The predicted octanol–water partition coefficient (Wildman–Crippen LogP) is 3.66. The van der Waals surface area contributed by atoms with E-state index in [1.54, 1.807) is 6.07 Å². The number of pyridine rings is 1. The molecule has 0 bridgehead atoms. The molecule has 2 N–H and O–H groups in total. The number of hydrogen-bond donors (Lipinski definition) is 2. The van der Waals surface area contributed by atoms with Gasteiger partial charge in [-0.2, -0.15) is 0 Å². The number of carbonyl (C=O) groups excluding carboxylic acids is 1. The number of rotatable bonds is 4. The van der Waals surface area contributed by atoms with Crippen molar-refractivity contribution in [1.82, 2.24) is 10.3 Å². The zero-order chi connectivity index (χ0) is 17.7. The van der Waals surface area contributed by atoms with Crippen LogP contribution in [-0.2, 0) is 4.79 Å². The number of aromatic nitrogens is 1. The van der Waals surface area contributed by atoms with Gasteiger partial charge < -0.3 is 10.1 Å². The molecule has 1 heterocycles. The maximum atomic E-state index is 11.9. The third kappa shape index (κ3) is 5.58. The van der Waals surface area contributed by atoms with Crippen LogP contribution in [0.1, 0.15) is 16.8 Å². The number of amides is 1. The molecule has 0 aliphatic carbocycles. The molecule has 126 valence electrons. The highest BCUT2D eigenvalue weighted by atomic mass is 79.9. The van der Waals surface area contributed by atoms with E-state index in [1.807, 2.05) is 45.0 Å². The van der Waals surface area contributed by atoms with E-state index in [0.717, 1.165) is 21.3 Å². The van der Waals surface area contributed by atoms with Crippen molar-refractivity contribution in [1.29, 1.82) is 0 Å². The van der Waals surface area contributed by atoms with Gasteiger partial charge >= 0.3 is 0 Å². The fraction of sp³-hybridized carbons (Fsp3) is 0.235. The number of aryl methyl sites for hydroxylation is 3. The first-order chi connectivity index (χ1) is 11.3. The van der Waals surface area contributed by atoms with Crippen LogP contribution in [0.3, 0.4) is 0 Å². The molecule has 0 saturated carbocycles. The molecule has 2 rings (SSSR count). The van der Waals surface area contributed by atoms with Crippen LogP contribution in [0.25, 0.3) is 0 Å². The van der Waals surface area contributed by atoms with E-state index in [4.69, 9.17) is 17.0 Å². The molecule has 1 aromatic heterocycles. The van der Waals surface area contributed by atoms with Crippen molar-refractivity contribution in [2.75, 3.05) is 11.9 Å². The van der Waals surface area contributed by atoms with Gasteiger partial charge in [0.05, 0.1) is 5.69 Å². The Morgan fingerprint density at radius 2 is 1.88 bits per heavy atom. The smallest absolute Gasteiger partial charge is 0.264 e. The highest BCUT2D eigenvalue weighted by Gasteiger charge is 2.08. The van der Waals surface area contributed by atoms with E-state index in [2.05, 4.69) is 31.5 Å². The van der Waals surface area contributed by atoms with Crippen molar-refractivity contribution in [2.45, 2.75) is 20.8 Å². The lowest BCUT2D eigenvalue weighted by atomic mass is 10.1. The first-order valence-corrected chi connectivity index (χ1v) is 8.48. The number of halogens is 1. The van der Waals surface area contributed by atoms with Crippen molar-refractivity contribution in [3.05, 3.63) is 51.6 Å². The van der Waals surface area contributed by atoms with Gasteiger partial charge in [0.15, 0.2) is 11.7 Å². The van der Waals surface area contributed by atoms with Gasteiger partial charge in [-0.05, 0) is 84.3 Å². The molecule has 24 heavy (non-hydrogen) atoms. The van der Waals surface area contributed by atoms with Crippen molar-refractivity contribution >= 4 is 45.0 Å². The Balaban J connectivity index is 1.85. The Morgan fingerprint density at radius 1 is 1.21 bits per heavy atom. The molecule has 5 nitrogen and oxygen atoms in total. The summed E-state index contributed by atoms with van der Waals surface area (Å²) in [7, 11) is 0.